The van der Waals surface area contributed by atoms with Gasteiger partial charge in [-0.15, -0.1) is 4.37 Å². The third-order valence-electron chi connectivity index (χ3n) is 5.22. The van der Waals surface area contributed by atoms with E-state index in [1.807, 2.05) is 11.8 Å². The molecule has 1 aliphatic heterocycles. The molecule has 0 bridgehead atoms. The van der Waals surface area contributed by atoms with E-state index in [-0.39, 0.29) is 19.2 Å². The highest BCUT2D eigenvalue weighted by atomic mass is 32.1. The Morgan fingerprint density at radius 1 is 0.974 bits per heavy atom. The Bertz CT molecular complexity index is 1190. The summed E-state index contributed by atoms with van der Waals surface area (Å²) >= 11 is 0.957. The third-order valence-corrected chi connectivity index (χ3v) is 5.73. The second-order valence-electron chi connectivity index (χ2n) is 7.95. The molecule has 0 saturated carbocycles. The van der Waals surface area contributed by atoms with Gasteiger partial charge in [-0.25, -0.2) is 9.78 Å². The maximum Gasteiger partial charge on any atom is 0.416 e. The van der Waals surface area contributed by atoms with E-state index in [1.165, 1.54) is 24.3 Å². The van der Waals surface area contributed by atoms with Crippen LogP contribution in [0.3, 0.4) is 0 Å². The molecule has 206 valence electrons. The normalized spacial score (nSPS) is 14.0. The minimum absolute atomic E-state index is 0.00367. The highest BCUT2D eigenvalue weighted by Gasteiger charge is 2.37. The fraction of sp³-hybridized carbons (Fsp3) is 0.364. The number of nitrogens with one attached hydrogen (secondary N) is 1. The molecule has 1 fully saturated rings. The van der Waals surface area contributed by atoms with Gasteiger partial charge in [0.2, 0.25) is 11.8 Å². The van der Waals surface area contributed by atoms with Gasteiger partial charge in [0.1, 0.15) is 0 Å². The van der Waals surface area contributed by atoms with Crippen molar-refractivity contribution in [3.63, 3.8) is 0 Å². The summed E-state index contributed by atoms with van der Waals surface area (Å²) in [5.74, 6) is 0.432. The lowest BCUT2D eigenvalue weighted by molar-refractivity contribution is -0.143. The number of alkyl halides is 6. The summed E-state index contributed by atoms with van der Waals surface area (Å²) in [6.07, 6.45) is -8.54. The van der Waals surface area contributed by atoms with Gasteiger partial charge in [-0.05, 0) is 42.8 Å². The molecule has 8 nitrogen and oxygen atoms in total. The first-order valence-electron chi connectivity index (χ1n) is 10.8. The van der Waals surface area contributed by atoms with E-state index in [1.54, 1.807) is 6.07 Å². The molecule has 0 unspecified atom stereocenters. The Kier molecular flexibility index (Phi) is 8.96. The van der Waals surface area contributed by atoms with Crippen LogP contribution in [-0.2, 0) is 12.4 Å². The van der Waals surface area contributed by atoms with Crippen LogP contribution >= 0.6 is 11.7 Å². The molecule has 2 amide bonds. The van der Waals surface area contributed by atoms with Crippen molar-refractivity contribution >= 4 is 29.3 Å². The van der Waals surface area contributed by atoms with E-state index < -0.39 is 41.1 Å². The number of pyridine rings is 1. The number of carbonyl (C=O) groups excluding carboxylic acids is 1. The van der Waals surface area contributed by atoms with Gasteiger partial charge in [0, 0.05) is 38.1 Å². The maximum atomic E-state index is 13.0. The van der Waals surface area contributed by atoms with Gasteiger partial charge in [0.15, 0.2) is 0 Å². The van der Waals surface area contributed by atoms with Gasteiger partial charge in [-0.2, -0.15) is 35.1 Å². The summed E-state index contributed by atoms with van der Waals surface area (Å²) in [5.41, 5.74) is -2.69. The predicted octanol–water partition coefficient (Wildman–Crippen LogP) is 5.47. The molecule has 1 saturated heterocycles. The molecule has 1 aliphatic rings. The van der Waals surface area contributed by atoms with Gasteiger partial charge in [0.05, 0.1) is 30.0 Å². The SMILES string of the molecule is COc1nsnc1N1CCN(C(=O)Nc2cc(C(F)(F)F)cc(C(F)(F)F)c2)CC1.Cc1ccnc(F)c1. The molecule has 38 heavy (non-hydrogen) atoms. The van der Waals surface area contributed by atoms with Crippen molar-refractivity contribution in [3.8, 4) is 5.88 Å². The van der Waals surface area contributed by atoms with Crippen LogP contribution in [0.4, 0.5) is 47.0 Å². The van der Waals surface area contributed by atoms with Crippen LogP contribution in [0.25, 0.3) is 0 Å². The van der Waals surface area contributed by atoms with Crippen LogP contribution in [0.2, 0.25) is 0 Å². The summed E-state index contributed by atoms with van der Waals surface area (Å²) in [6.45, 7) is 2.86. The summed E-state index contributed by atoms with van der Waals surface area (Å²) in [7, 11) is 1.44. The second kappa shape index (κ2) is 11.8. The van der Waals surface area contributed by atoms with Crippen LogP contribution in [0, 0.1) is 12.9 Å². The van der Waals surface area contributed by atoms with Gasteiger partial charge >= 0.3 is 18.4 Å². The average Bonchev–Trinajstić information content (AvgIpc) is 3.32. The van der Waals surface area contributed by atoms with Crippen molar-refractivity contribution in [2.24, 2.45) is 0 Å². The number of aryl methyl sites for hydroxylation is 1. The number of piperazine rings is 1. The number of urea groups is 1. The van der Waals surface area contributed by atoms with E-state index in [9.17, 15) is 35.5 Å². The van der Waals surface area contributed by atoms with Crippen LogP contribution in [0.5, 0.6) is 5.88 Å². The number of hydrogen-bond acceptors (Lipinski definition) is 7. The van der Waals surface area contributed by atoms with E-state index in [0.29, 0.717) is 36.9 Å². The molecular formula is C22H21F7N6O2S. The van der Waals surface area contributed by atoms with Crippen molar-refractivity contribution in [3.05, 3.63) is 59.2 Å². The molecule has 1 N–H and O–H groups in total. The van der Waals surface area contributed by atoms with Crippen molar-refractivity contribution in [1.29, 1.82) is 0 Å². The van der Waals surface area contributed by atoms with Gasteiger partial charge in [-0.1, -0.05) is 0 Å². The van der Waals surface area contributed by atoms with Crippen LogP contribution in [0.1, 0.15) is 16.7 Å². The molecule has 2 aromatic heterocycles. The third kappa shape index (κ3) is 7.66. The first-order valence-corrected chi connectivity index (χ1v) is 11.6. The van der Waals surface area contributed by atoms with Crippen LogP contribution in [0.15, 0.2) is 36.5 Å². The Morgan fingerprint density at radius 3 is 2.05 bits per heavy atom. The largest absolute Gasteiger partial charge is 0.478 e. The first-order chi connectivity index (χ1) is 17.8. The molecule has 0 atom stereocenters. The molecule has 1 aromatic carbocycles. The second-order valence-corrected chi connectivity index (χ2v) is 8.48. The number of methoxy groups -OCH3 is 1. The highest BCUT2D eigenvalue weighted by Crippen LogP contribution is 2.37. The predicted molar refractivity (Wildman–Crippen MR) is 125 cm³/mol. The smallest absolute Gasteiger partial charge is 0.416 e. The lowest BCUT2D eigenvalue weighted by Crippen LogP contribution is -2.50. The van der Waals surface area contributed by atoms with Crippen molar-refractivity contribution < 1.29 is 40.3 Å². The number of aromatic nitrogens is 3. The standard InChI is InChI=1S/C16H15F6N5O2S.C6H6FN/c1-29-13-12(24-30-25-13)26-2-4-27(5-3-26)14(28)23-11-7-9(15(17,18)19)6-10(8-11)16(20,21)22;1-5-2-3-8-6(7)4-5/h6-8H,2-5H2,1H3,(H,23,28);2-4H,1H3. The minimum atomic E-state index is -4.99. The van der Waals surface area contributed by atoms with Crippen molar-refractivity contribution in [1.82, 2.24) is 18.6 Å². The number of nitrogens with zero attached hydrogens (tertiary/aromatic N) is 5. The molecular weight excluding hydrogens is 545 g/mol. The van der Waals surface area contributed by atoms with Crippen molar-refractivity contribution in [2.75, 3.05) is 43.5 Å². The quantitative estimate of drug-likeness (QED) is 0.335. The topological polar surface area (TPSA) is 83.5 Å². The molecule has 3 heterocycles. The number of rotatable bonds is 3. The summed E-state index contributed by atoms with van der Waals surface area (Å²) < 4.78 is 103. The van der Waals surface area contributed by atoms with Crippen molar-refractivity contribution in [2.45, 2.75) is 19.3 Å². The maximum absolute atomic E-state index is 13.0. The molecule has 0 spiro atoms. The number of halogens is 7. The van der Waals surface area contributed by atoms with E-state index in [0.717, 1.165) is 17.3 Å². The first kappa shape index (κ1) is 28.9. The fourth-order valence-electron chi connectivity index (χ4n) is 3.35. The lowest BCUT2D eigenvalue weighted by atomic mass is 10.1. The summed E-state index contributed by atoms with van der Waals surface area (Å²) in [4.78, 5) is 18.9. The van der Waals surface area contributed by atoms with Crippen LogP contribution < -0.4 is 15.0 Å². The van der Waals surface area contributed by atoms with E-state index >= 15 is 0 Å². The van der Waals surface area contributed by atoms with Gasteiger partial charge < -0.3 is 19.9 Å². The van der Waals surface area contributed by atoms with Crippen LogP contribution in [-0.4, -0.2) is 58.0 Å². The fourth-order valence-corrected chi connectivity index (χ4v) is 3.89. The summed E-state index contributed by atoms with van der Waals surface area (Å²) in [6, 6.07) is 3.28. The minimum Gasteiger partial charge on any atom is -0.478 e. The van der Waals surface area contributed by atoms with Gasteiger partial charge in [0.25, 0.3) is 5.88 Å². The number of ether oxygens (including phenoxy) is 1. The monoisotopic (exact) mass is 566 g/mol. The summed E-state index contributed by atoms with van der Waals surface area (Å²) in [5, 5.41) is 2.13. The zero-order valence-electron chi connectivity index (χ0n) is 19.9. The highest BCUT2D eigenvalue weighted by molar-refractivity contribution is 6.99. The molecule has 16 heteroatoms. The number of amides is 2. The zero-order valence-corrected chi connectivity index (χ0v) is 20.7. The van der Waals surface area contributed by atoms with Gasteiger partial charge in [-0.3, -0.25) is 0 Å². The molecule has 0 aliphatic carbocycles. The molecule has 3 aromatic rings. The number of hydrogen-bond donors (Lipinski definition) is 1. The Labute approximate surface area is 216 Å². The Hall–Kier alpha value is -3.69. The number of benzene rings is 1. The Balaban J connectivity index is 0.000000427. The van der Waals surface area contributed by atoms with E-state index in [4.69, 9.17) is 4.74 Å². The number of carbonyl (C=O) groups is 1. The number of anilines is 2. The average molecular weight is 567 g/mol. The van der Waals surface area contributed by atoms with E-state index in [2.05, 4.69) is 19.0 Å². The lowest BCUT2D eigenvalue weighted by Gasteiger charge is -2.34. The Morgan fingerprint density at radius 2 is 1.58 bits per heavy atom. The molecule has 0 radical (unpaired) electrons. The zero-order chi connectivity index (χ0) is 28.1. The molecule has 4 rings (SSSR count).